The van der Waals surface area contributed by atoms with Crippen LogP contribution < -0.4 is 10.9 Å². The first-order chi connectivity index (χ1) is 14.4. The summed E-state index contributed by atoms with van der Waals surface area (Å²) < 4.78 is 1.78. The third-order valence-electron chi connectivity index (χ3n) is 4.78. The molecule has 0 aliphatic carbocycles. The highest BCUT2D eigenvalue weighted by Crippen LogP contribution is 2.20. The second-order valence-electron chi connectivity index (χ2n) is 7.16. The van der Waals surface area contributed by atoms with Crippen molar-refractivity contribution in [2.75, 3.05) is 0 Å². The monoisotopic (exact) mass is 419 g/mol. The van der Waals surface area contributed by atoms with E-state index >= 15 is 0 Å². The van der Waals surface area contributed by atoms with Gasteiger partial charge in [0.2, 0.25) is 0 Å². The van der Waals surface area contributed by atoms with E-state index in [9.17, 15) is 9.59 Å². The lowest BCUT2D eigenvalue weighted by Crippen LogP contribution is -2.42. The number of fused-ring (bicyclic) bond motifs is 1. The summed E-state index contributed by atoms with van der Waals surface area (Å²) in [4.78, 5) is 31.0. The Bertz CT molecular complexity index is 1240. The zero-order valence-corrected chi connectivity index (χ0v) is 17.7. The van der Waals surface area contributed by atoms with Gasteiger partial charge in [-0.25, -0.2) is 9.67 Å². The Morgan fingerprint density at radius 2 is 1.80 bits per heavy atom. The van der Waals surface area contributed by atoms with E-state index in [1.165, 1.54) is 0 Å². The molecule has 0 saturated heterocycles. The van der Waals surface area contributed by atoms with Crippen LogP contribution in [0.3, 0.4) is 0 Å². The van der Waals surface area contributed by atoms with Gasteiger partial charge >= 0.3 is 0 Å². The average Bonchev–Trinajstić information content (AvgIpc) is 3.36. The van der Waals surface area contributed by atoms with Crippen LogP contribution >= 0.6 is 11.3 Å². The highest BCUT2D eigenvalue weighted by molar-refractivity contribution is 7.09. The molecular formula is C22H21N5O2S. The molecule has 0 fully saturated rings. The van der Waals surface area contributed by atoms with Gasteiger partial charge in [0.1, 0.15) is 0 Å². The van der Waals surface area contributed by atoms with Gasteiger partial charge in [-0.15, -0.1) is 11.3 Å². The van der Waals surface area contributed by atoms with Crippen molar-refractivity contribution in [2.24, 2.45) is 0 Å². The Morgan fingerprint density at radius 3 is 2.50 bits per heavy atom. The fourth-order valence-electron chi connectivity index (χ4n) is 3.34. The number of hydrogen-bond donors (Lipinski definition) is 2. The SMILES string of the molecule is Cc1ccc(C(=O)NNC(=O)c2cc(C)nc3c2cnn3Cc2cccs2)c(C)c1. The van der Waals surface area contributed by atoms with Crippen LogP contribution in [0.1, 0.15) is 42.4 Å². The van der Waals surface area contributed by atoms with Gasteiger partial charge in [-0.3, -0.25) is 20.4 Å². The summed E-state index contributed by atoms with van der Waals surface area (Å²) in [5.41, 5.74) is 9.19. The van der Waals surface area contributed by atoms with E-state index in [0.29, 0.717) is 34.4 Å². The molecule has 0 atom stereocenters. The normalized spacial score (nSPS) is 10.9. The van der Waals surface area contributed by atoms with Gasteiger partial charge in [0.05, 0.1) is 23.7 Å². The lowest BCUT2D eigenvalue weighted by Gasteiger charge is -2.11. The number of aryl methyl sites for hydroxylation is 3. The van der Waals surface area contributed by atoms with Crippen molar-refractivity contribution < 1.29 is 9.59 Å². The fourth-order valence-corrected chi connectivity index (χ4v) is 4.03. The molecule has 0 bridgehead atoms. The highest BCUT2D eigenvalue weighted by atomic mass is 32.1. The molecule has 2 amide bonds. The molecule has 0 aliphatic heterocycles. The zero-order valence-electron chi connectivity index (χ0n) is 16.9. The number of amides is 2. The van der Waals surface area contributed by atoms with Gasteiger partial charge in [0, 0.05) is 16.1 Å². The van der Waals surface area contributed by atoms with E-state index < -0.39 is 5.91 Å². The molecule has 0 unspecified atom stereocenters. The largest absolute Gasteiger partial charge is 0.270 e. The van der Waals surface area contributed by atoms with Gasteiger partial charge in [-0.1, -0.05) is 23.8 Å². The maximum atomic E-state index is 12.8. The van der Waals surface area contributed by atoms with Crippen molar-refractivity contribution in [3.63, 3.8) is 0 Å². The topological polar surface area (TPSA) is 88.9 Å². The Balaban J connectivity index is 1.55. The molecule has 2 N–H and O–H groups in total. The third kappa shape index (κ3) is 3.95. The molecule has 3 aromatic heterocycles. The molecular weight excluding hydrogens is 398 g/mol. The van der Waals surface area contributed by atoms with Crippen LogP contribution in [-0.2, 0) is 6.54 Å². The van der Waals surface area contributed by atoms with Gasteiger partial charge < -0.3 is 0 Å². The molecule has 0 spiro atoms. The number of hydrogen-bond acceptors (Lipinski definition) is 5. The number of benzene rings is 1. The van der Waals surface area contributed by atoms with E-state index in [1.807, 2.05) is 50.4 Å². The van der Waals surface area contributed by atoms with Crippen LogP contribution in [0.4, 0.5) is 0 Å². The minimum Gasteiger partial charge on any atom is -0.267 e. The van der Waals surface area contributed by atoms with Crippen molar-refractivity contribution in [1.29, 1.82) is 0 Å². The molecule has 0 saturated carbocycles. The maximum Gasteiger partial charge on any atom is 0.270 e. The predicted molar refractivity (Wildman–Crippen MR) is 117 cm³/mol. The first-order valence-electron chi connectivity index (χ1n) is 9.46. The highest BCUT2D eigenvalue weighted by Gasteiger charge is 2.17. The van der Waals surface area contributed by atoms with Crippen LogP contribution in [0.5, 0.6) is 0 Å². The number of nitrogens with zero attached hydrogens (tertiary/aromatic N) is 3. The predicted octanol–water partition coefficient (Wildman–Crippen LogP) is 3.54. The third-order valence-corrected chi connectivity index (χ3v) is 5.64. The molecule has 4 rings (SSSR count). The second-order valence-corrected chi connectivity index (χ2v) is 8.19. The number of nitrogens with one attached hydrogen (secondary N) is 2. The number of pyridine rings is 1. The number of rotatable bonds is 4. The van der Waals surface area contributed by atoms with Gasteiger partial charge in [-0.05, 0) is 49.9 Å². The van der Waals surface area contributed by atoms with Crippen LogP contribution in [0.15, 0.2) is 48.0 Å². The Kier molecular flexibility index (Phi) is 5.33. The molecule has 0 radical (unpaired) electrons. The summed E-state index contributed by atoms with van der Waals surface area (Å²) in [7, 11) is 0. The van der Waals surface area contributed by atoms with Crippen molar-refractivity contribution in [2.45, 2.75) is 27.3 Å². The van der Waals surface area contributed by atoms with E-state index in [2.05, 4.69) is 20.9 Å². The summed E-state index contributed by atoms with van der Waals surface area (Å²) in [6.45, 7) is 6.24. The minimum absolute atomic E-state index is 0.365. The van der Waals surface area contributed by atoms with Crippen molar-refractivity contribution in [1.82, 2.24) is 25.6 Å². The first-order valence-corrected chi connectivity index (χ1v) is 10.3. The Labute approximate surface area is 177 Å². The van der Waals surface area contributed by atoms with Crippen molar-refractivity contribution in [3.8, 4) is 0 Å². The fraction of sp³-hybridized carbons (Fsp3) is 0.182. The van der Waals surface area contributed by atoms with Crippen LogP contribution in [0.25, 0.3) is 11.0 Å². The van der Waals surface area contributed by atoms with E-state index in [1.54, 1.807) is 34.3 Å². The molecule has 1 aromatic carbocycles. The lowest BCUT2D eigenvalue weighted by molar-refractivity contribution is 0.0847. The number of carbonyl (C=O) groups is 2. The van der Waals surface area contributed by atoms with Gasteiger partial charge in [0.15, 0.2) is 5.65 Å². The van der Waals surface area contributed by atoms with Gasteiger partial charge in [0.25, 0.3) is 11.8 Å². The number of carbonyl (C=O) groups excluding carboxylic acids is 2. The number of hydrazine groups is 1. The zero-order chi connectivity index (χ0) is 21.3. The molecule has 0 aliphatic rings. The molecule has 152 valence electrons. The number of aromatic nitrogens is 3. The molecule has 4 aromatic rings. The minimum atomic E-state index is -0.417. The van der Waals surface area contributed by atoms with Crippen LogP contribution in [0.2, 0.25) is 0 Å². The lowest BCUT2D eigenvalue weighted by atomic mass is 10.1. The van der Waals surface area contributed by atoms with E-state index in [0.717, 1.165) is 16.0 Å². The van der Waals surface area contributed by atoms with E-state index in [4.69, 9.17) is 0 Å². The summed E-state index contributed by atoms with van der Waals surface area (Å²) in [5, 5.41) is 7.06. The van der Waals surface area contributed by atoms with Crippen molar-refractivity contribution >= 4 is 34.2 Å². The number of thiophene rings is 1. The smallest absolute Gasteiger partial charge is 0.267 e. The van der Waals surface area contributed by atoms with Crippen molar-refractivity contribution in [3.05, 3.63) is 80.8 Å². The maximum absolute atomic E-state index is 12.8. The Hall–Kier alpha value is -3.52. The Morgan fingerprint density at radius 1 is 1.03 bits per heavy atom. The molecule has 7 nitrogen and oxygen atoms in total. The molecule has 3 heterocycles. The standard InChI is InChI=1S/C22H21N5O2S/c1-13-6-7-17(14(2)9-13)21(28)25-26-22(29)18-10-15(3)24-20-19(18)11-23-27(20)12-16-5-4-8-30-16/h4-11H,12H2,1-3H3,(H,25,28)(H,26,29). The summed E-state index contributed by atoms with van der Waals surface area (Å²) in [6, 6.07) is 11.2. The first kappa shape index (κ1) is 19.8. The summed E-state index contributed by atoms with van der Waals surface area (Å²) in [5.74, 6) is -0.782. The molecule has 30 heavy (non-hydrogen) atoms. The van der Waals surface area contributed by atoms with Crippen LogP contribution in [-0.4, -0.2) is 26.6 Å². The average molecular weight is 420 g/mol. The summed E-state index contributed by atoms with van der Waals surface area (Å²) in [6.07, 6.45) is 1.64. The van der Waals surface area contributed by atoms with Crippen LogP contribution in [0, 0.1) is 20.8 Å². The second kappa shape index (κ2) is 8.08. The summed E-state index contributed by atoms with van der Waals surface area (Å²) >= 11 is 1.64. The van der Waals surface area contributed by atoms with Gasteiger partial charge in [-0.2, -0.15) is 5.10 Å². The van der Waals surface area contributed by atoms with E-state index in [-0.39, 0.29) is 5.91 Å². The quantitative estimate of drug-likeness (QED) is 0.495. The molecule has 8 heteroatoms.